The van der Waals surface area contributed by atoms with Crippen molar-refractivity contribution in [2.75, 3.05) is 0 Å². The van der Waals surface area contributed by atoms with Crippen LogP contribution in [0.3, 0.4) is 0 Å². The van der Waals surface area contributed by atoms with Gasteiger partial charge in [-0.15, -0.1) is 0 Å². The number of halogens is 1. The zero-order valence-electron chi connectivity index (χ0n) is 9.70. The highest BCUT2D eigenvalue weighted by Crippen LogP contribution is 2.09. The first kappa shape index (κ1) is 12.8. The Hall–Kier alpha value is -1.29. The Morgan fingerprint density at radius 2 is 1.81 bits per heavy atom. The minimum atomic E-state index is -0.212. The highest BCUT2D eigenvalue weighted by Gasteiger charge is 2.01. The Kier molecular flexibility index (Phi) is 5.05. The maximum absolute atomic E-state index is 12.6. The standard InChI is InChI=1S/C10H9FN2S.C2H6/c1-7-12-10(13-14-7)6-8-2-4-9(11)5-3-8;1-2/h2-5H,6H2,1H3;1-2H3. The smallest absolute Gasteiger partial charge is 0.146 e. The zero-order valence-corrected chi connectivity index (χ0v) is 10.5. The van der Waals surface area contributed by atoms with Gasteiger partial charge in [0.2, 0.25) is 0 Å². The van der Waals surface area contributed by atoms with Crippen LogP contribution in [0, 0.1) is 12.7 Å². The average Bonchev–Trinajstić information content (AvgIpc) is 2.70. The Balaban J connectivity index is 0.000000606. The second-order valence-electron chi connectivity index (χ2n) is 3.03. The summed E-state index contributed by atoms with van der Waals surface area (Å²) in [5, 5.41) is 0.960. The van der Waals surface area contributed by atoms with E-state index in [1.807, 2.05) is 20.8 Å². The molecule has 0 radical (unpaired) electrons. The van der Waals surface area contributed by atoms with Crippen molar-refractivity contribution in [3.8, 4) is 0 Å². The molecule has 16 heavy (non-hydrogen) atoms. The lowest BCUT2D eigenvalue weighted by atomic mass is 10.1. The average molecular weight is 238 g/mol. The fourth-order valence-electron chi connectivity index (χ4n) is 1.20. The lowest BCUT2D eigenvalue weighted by Gasteiger charge is -1.96. The SMILES string of the molecule is CC.Cc1nc(Cc2ccc(F)cc2)ns1. The Bertz CT molecular complexity index is 423. The van der Waals surface area contributed by atoms with Crippen molar-refractivity contribution >= 4 is 11.5 Å². The molecule has 2 nitrogen and oxygen atoms in total. The molecule has 2 aromatic rings. The second-order valence-corrected chi connectivity index (χ2v) is 3.99. The van der Waals surface area contributed by atoms with Gasteiger partial charge in [0.15, 0.2) is 0 Å². The van der Waals surface area contributed by atoms with Crippen LogP contribution in [0.2, 0.25) is 0 Å². The van der Waals surface area contributed by atoms with Crippen LogP contribution in [0.5, 0.6) is 0 Å². The Labute approximate surface area is 99.3 Å². The van der Waals surface area contributed by atoms with E-state index in [2.05, 4.69) is 9.36 Å². The van der Waals surface area contributed by atoms with Gasteiger partial charge in [0.05, 0.1) is 0 Å². The van der Waals surface area contributed by atoms with Crippen molar-refractivity contribution in [2.24, 2.45) is 0 Å². The summed E-state index contributed by atoms with van der Waals surface area (Å²) in [6.45, 7) is 5.92. The van der Waals surface area contributed by atoms with Crippen LogP contribution in [0.1, 0.15) is 30.2 Å². The van der Waals surface area contributed by atoms with Gasteiger partial charge in [-0.2, -0.15) is 4.37 Å². The largest absolute Gasteiger partial charge is 0.225 e. The van der Waals surface area contributed by atoms with Gasteiger partial charge in [-0.3, -0.25) is 0 Å². The van der Waals surface area contributed by atoms with Crippen molar-refractivity contribution in [1.82, 2.24) is 9.36 Å². The van der Waals surface area contributed by atoms with Crippen molar-refractivity contribution in [1.29, 1.82) is 0 Å². The van der Waals surface area contributed by atoms with Crippen LogP contribution in [0.4, 0.5) is 4.39 Å². The highest BCUT2D eigenvalue weighted by molar-refractivity contribution is 7.05. The van der Waals surface area contributed by atoms with Crippen molar-refractivity contribution in [3.05, 3.63) is 46.5 Å². The van der Waals surface area contributed by atoms with E-state index in [-0.39, 0.29) is 5.82 Å². The predicted molar refractivity (Wildman–Crippen MR) is 65.2 cm³/mol. The van der Waals surface area contributed by atoms with E-state index < -0.39 is 0 Å². The van der Waals surface area contributed by atoms with Crippen LogP contribution in [-0.2, 0) is 6.42 Å². The van der Waals surface area contributed by atoms with Gasteiger partial charge in [-0.25, -0.2) is 9.37 Å². The summed E-state index contributed by atoms with van der Waals surface area (Å²) in [5.41, 5.74) is 1.03. The number of aromatic nitrogens is 2. The van der Waals surface area contributed by atoms with Crippen LogP contribution in [0.25, 0.3) is 0 Å². The summed E-state index contributed by atoms with van der Waals surface area (Å²) in [4.78, 5) is 4.24. The summed E-state index contributed by atoms with van der Waals surface area (Å²) in [5.74, 6) is 0.593. The zero-order chi connectivity index (χ0) is 12.0. The Morgan fingerprint density at radius 3 is 2.31 bits per heavy atom. The molecule has 4 heteroatoms. The summed E-state index contributed by atoms with van der Waals surface area (Å²) < 4.78 is 16.8. The van der Waals surface area contributed by atoms with E-state index in [1.54, 1.807) is 12.1 Å². The third-order valence-electron chi connectivity index (χ3n) is 1.85. The van der Waals surface area contributed by atoms with Crippen LogP contribution in [-0.4, -0.2) is 9.36 Å². The third kappa shape index (κ3) is 3.70. The minimum Gasteiger partial charge on any atom is -0.225 e. The van der Waals surface area contributed by atoms with Gasteiger partial charge in [0.1, 0.15) is 16.6 Å². The molecule has 0 saturated heterocycles. The van der Waals surface area contributed by atoms with Crippen LogP contribution >= 0.6 is 11.5 Å². The molecular formula is C12H15FN2S. The van der Waals surface area contributed by atoms with Gasteiger partial charge in [0.25, 0.3) is 0 Å². The molecule has 0 saturated carbocycles. The van der Waals surface area contributed by atoms with Crippen molar-refractivity contribution in [2.45, 2.75) is 27.2 Å². The van der Waals surface area contributed by atoms with E-state index in [0.29, 0.717) is 6.42 Å². The lowest BCUT2D eigenvalue weighted by Crippen LogP contribution is -1.90. The molecule has 1 heterocycles. The topological polar surface area (TPSA) is 25.8 Å². The summed E-state index contributed by atoms with van der Waals surface area (Å²) >= 11 is 1.39. The molecule has 0 N–H and O–H groups in total. The first-order valence-corrected chi connectivity index (χ1v) is 6.05. The summed E-state index contributed by atoms with van der Waals surface area (Å²) in [7, 11) is 0. The Morgan fingerprint density at radius 1 is 1.19 bits per heavy atom. The molecule has 2 rings (SSSR count). The number of hydrogen-bond acceptors (Lipinski definition) is 3. The molecular weight excluding hydrogens is 223 g/mol. The quantitative estimate of drug-likeness (QED) is 0.798. The van der Waals surface area contributed by atoms with Gasteiger partial charge in [-0.05, 0) is 36.2 Å². The van der Waals surface area contributed by atoms with Crippen molar-refractivity contribution in [3.63, 3.8) is 0 Å². The van der Waals surface area contributed by atoms with E-state index in [0.717, 1.165) is 16.4 Å². The number of nitrogens with zero attached hydrogens (tertiary/aromatic N) is 2. The third-order valence-corrected chi connectivity index (χ3v) is 2.50. The lowest BCUT2D eigenvalue weighted by molar-refractivity contribution is 0.627. The predicted octanol–water partition coefficient (Wildman–Crippen LogP) is 3.60. The van der Waals surface area contributed by atoms with E-state index in [9.17, 15) is 4.39 Å². The fourth-order valence-corrected chi connectivity index (χ4v) is 1.69. The molecule has 86 valence electrons. The molecule has 0 bridgehead atoms. The molecule has 0 aliphatic carbocycles. The molecule has 0 spiro atoms. The monoisotopic (exact) mass is 238 g/mol. The van der Waals surface area contributed by atoms with Gasteiger partial charge in [0, 0.05) is 6.42 Å². The molecule has 0 atom stereocenters. The normalized spacial score (nSPS) is 9.50. The molecule has 1 aromatic carbocycles. The van der Waals surface area contributed by atoms with E-state index >= 15 is 0 Å². The first-order valence-electron chi connectivity index (χ1n) is 5.27. The molecule has 0 aliphatic rings. The van der Waals surface area contributed by atoms with Crippen LogP contribution in [0.15, 0.2) is 24.3 Å². The molecule has 1 aromatic heterocycles. The maximum atomic E-state index is 12.6. The van der Waals surface area contributed by atoms with Gasteiger partial charge >= 0.3 is 0 Å². The highest BCUT2D eigenvalue weighted by atomic mass is 32.1. The second kappa shape index (κ2) is 6.33. The number of benzene rings is 1. The van der Waals surface area contributed by atoms with Crippen molar-refractivity contribution < 1.29 is 4.39 Å². The molecule has 0 aliphatic heterocycles. The van der Waals surface area contributed by atoms with Crippen LogP contribution < -0.4 is 0 Å². The van der Waals surface area contributed by atoms with E-state index in [4.69, 9.17) is 0 Å². The maximum Gasteiger partial charge on any atom is 0.146 e. The minimum absolute atomic E-state index is 0.212. The number of aryl methyl sites for hydroxylation is 1. The van der Waals surface area contributed by atoms with E-state index in [1.165, 1.54) is 23.7 Å². The first-order chi connectivity index (χ1) is 7.74. The number of hydrogen-bond donors (Lipinski definition) is 0. The van der Waals surface area contributed by atoms with Gasteiger partial charge in [-0.1, -0.05) is 26.0 Å². The molecule has 0 fully saturated rings. The molecule has 0 amide bonds. The number of rotatable bonds is 2. The summed E-state index contributed by atoms with van der Waals surface area (Å²) in [6.07, 6.45) is 0.671. The summed E-state index contributed by atoms with van der Waals surface area (Å²) in [6, 6.07) is 6.42. The fraction of sp³-hybridized carbons (Fsp3) is 0.333. The van der Waals surface area contributed by atoms with Gasteiger partial charge < -0.3 is 0 Å². The molecule has 0 unspecified atom stereocenters.